The van der Waals surface area contributed by atoms with Gasteiger partial charge in [0.15, 0.2) is 0 Å². The number of urea groups is 1. The summed E-state index contributed by atoms with van der Waals surface area (Å²) in [5.41, 5.74) is 0. The fourth-order valence-corrected chi connectivity index (χ4v) is 2.58. The lowest BCUT2D eigenvalue weighted by molar-refractivity contribution is -0.144. The summed E-state index contributed by atoms with van der Waals surface area (Å²) in [5, 5.41) is 12.1. The monoisotopic (exact) mass is 285 g/mol. The van der Waals surface area contributed by atoms with Gasteiger partial charge in [0, 0.05) is 13.1 Å². The standard InChI is InChI=1S/C14H27N3O3/c1-4-11-6-9-17(12(10-11)13(18)19)14(20)15-7-5-8-16(2)3/h11-12H,4-10H2,1-3H3,(H,15,20)(H,18,19). The number of rotatable bonds is 6. The van der Waals surface area contributed by atoms with Crippen LogP contribution in [0.2, 0.25) is 0 Å². The lowest BCUT2D eigenvalue weighted by Gasteiger charge is -2.36. The highest BCUT2D eigenvalue weighted by atomic mass is 16.4. The van der Waals surface area contributed by atoms with E-state index in [2.05, 4.69) is 17.1 Å². The third kappa shape index (κ3) is 5.00. The van der Waals surface area contributed by atoms with Gasteiger partial charge >= 0.3 is 12.0 Å². The quantitative estimate of drug-likeness (QED) is 0.720. The summed E-state index contributed by atoms with van der Waals surface area (Å²) in [5.74, 6) is -0.486. The van der Waals surface area contributed by atoms with Crippen molar-refractivity contribution in [3.63, 3.8) is 0 Å². The van der Waals surface area contributed by atoms with E-state index in [1.165, 1.54) is 4.90 Å². The van der Waals surface area contributed by atoms with Gasteiger partial charge in [-0.05, 0) is 45.8 Å². The number of carboxylic acid groups (broad SMARTS) is 1. The fraction of sp³-hybridized carbons (Fsp3) is 0.857. The lowest BCUT2D eigenvalue weighted by atomic mass is 9.89. The molecule has 0 bridgehead atoms. The minimum Gasteiger partial charge on any atom is -0.480 e. The van der Waals surface area contributed by atoms with Crippen LogP contribution in [-0.4, -0.2) is 66.7 Å². The van der Waals surface area contributed by atoms with E-state index >= 15 is 0 Å². The smallest absolute Gasteiger partial charge is 0.326 e. The van der Waals surface area contributed by atoms with E-state index in [0.717, 1.165) is 25.8 Å². The number of carboxylic acids is 1. The Hall–Kier alpha value is -1.30. The van der Waals surface area contributed by atoms with Crippen molar-refractivity contribution in [1.29, 1.82) is 0 Å². The highest BCUT2D eigenvalue weighted by molar-refractivity contribution is 5.82. The predicted octanol–water partition coefficient (Wildman–Crippen LogP) is 1.22. The Labute approximate surface area is 121 Å². The molecule has 1 saturated heterocycles. The molecule has 0 radical (unpaired) electrons. The number of piperidine rings is 1. The van der Waals surface area contributed by atoms with E-state index in [0.29, 0.717) is 25.4 Å². The molecule has 1 fully saturated rings. The van der Waals surface area contributed by atoms with Crippen molar-refractivity contribution in [1.82, 2.24) is 15.1 Å². The molecule has 6 heteroatoms. The second-order valence-electron chi connectivity index (χ2n) is 5.73. The summed E-state index contributed by atoms with van der Waals surface area (Å²) >= 11 is 0. The van der Waals surface area contributed by atoms with E-state index in [1.807, 2.05) is 14.1 Å². The van der Waals surface area contributed by atoms with Crippen LogP contribution in [0.3, 0.4) is 0 Å². The number of hydrogen-bond donors (Lipinski definition) is 2. The van der Waals surface area contributed by atoms with Gasteiger partial charge < -0.3 is 20.2 Å². The Bertz CT molecular complexity index is 334. The van der Waals surface area contributed by atoms with Crippen LogP contribution in [0.25, 0.3) is 0 Å². The van der Waals surface area contributed by atoms with Gasteiger partial charge in [0.1, 0.15) is 6.04 Å². The third-order valence-corrected chi connectivity index (χ3v) is 3.89. The summed E-state index contributed by atoms with van der Waals surface area (Å²) in [7, 11) is 3.97. The Morgan fingerprint density at radius 1 is 1.40 bits per heavy atom. The molecule has 1 heterocycles. The van der Waals surface area contributed by atoms with Crippen molar-refractivity contribution < 1.29 is 14.7 Å². The number of nitrogens with zero attached hydrogens (tertiary/aromatic N) is 2. The molecule has 2 atom stereocenters. The van der Waals surface area contributed by atoms with Crippen molar-refractivity contribution in [2.75, 3.05) is 33.7 Å². The number of likely N-dealkylation sites (tertiary alicyclic amines) is 1. The number of hydrogen-bond acceptors (Lipinski definition) is 3. The fourth-order valence-electron chi connectivity index (χ4n) is 2.58. The van der Waals surface area contributed by atoms with Gasteiger partial charge in [0.2, 0.25) is 0 Å². The van der Waals surface area contributed by atoms with Gasteiger partial charge in [0.25, 0.3) is 0 Å². The molecule has 2 unspecified atom stereocenters. The third-order valence-electron chi connectivity index (χ3n) is 3.89. The summed E-state index contributed by atoms with van der Waals surface area (Å²) in [4.78, 5) is 26.9. The Balaban J connectivity index is 2.46. The second kappa shape index (κ2) is 8.09. The maximum absolute atomic E-state index is 12.1. The first-order valence-electron chi connectivity index (χ1n) is 7.37. The number of carbonyl (C=O) groups excluding carboxylic acids is 1. The van der Waals surface area contributed by atoms with E-state index in [4.69, 9.17) is 0 Å². The molecule has 20 heavy (non-hydrogen) atoms. The van der Waals surface area contributed by atoms with Crippen molar-refractivity contribution in [3.05, 3.63) is 0 Å². The maximum Gasteiger partial charge on any atom is 0.326 e. The molecular weight excluding hydrogens is 258 g/mol. The average molecular weight is 285 g/mol. The molecule has 6 nitrogen and oxygen atoms in total. The predicted molar refractivity (Wildman–Crippen MR) is 77.7 cm³/mol. The summed E-state index contributed by atoms with van der Waals surface area (Å²) in [6.45, 7) is 4.09. The van der Waals surface area contributed by atoms with Crippen LogP contribution in [-0.2, 0) is 4.79 Å². The molecular formula is C14H27N3O3. The lowest BCUT2D eigenvalue weighted by Crippen LogP contribution is -2.53. The molecule has 0 aliphatic carbocycles. The maximum atomic E-state index is 12.1. The molecule has 0 saturated carbocycles. The van der Waals surface area contributed by atoms with E-state index in [1.54, 1.807) is 0 Å². The topological polar surface area (TPSA) is 72.9 Å². The van der Waals surface area contributed by atoms with E-state index in [9.17, 15) is 14.7 Å². The zero-order valence-corrected chi connectivity index (χ0v) is 12.8. The first kappa shape index (κ1) is 16.8. The molecule has 1 rings (SSSR count). The van der Waals surface area contributed by atoms with E-state index in [-0.39, 0.29) is 6.03 Å². The van der Waals surface area contributed by atoms with Crippen LogP contribution in [0.5, 0.6) is 0 Å². The SMILES string of the molecule is CCC1CCN(C(=O)NCCCN(C)C)C(C(=O)O)C1. The molecule has 0 spiro atoms. The highest BCUT2D eigenvalue weighted by Gasteiger charge is 2.35. The van der Waals surface area contributed by atoms with Crippen molar-refractivity contribution >= 4 is 12.0 Å². The molecule has 0 aromatic carbocycles. The largest absolute Gasteiger partial charge is 0.480 e. The Morgan fingerprint density at radius 2 is 2.10 bits per heavy atom. The van der Waals surface area contributed by atoms with E-state index < -0.39 is 12.0 Å². The number of carbonyl (C=O) groups is 2. The van der Waals surface area contributed by atoms with Crippen LogP contribution >= 0.6 is 0 Å². The summed E-state index contributed by atoms with van der Waals surface area (Å²) in [6, 6.07) is -0.923. The van der Waals surface area contributed by atoms with Gasteiger partial charge in [0.05, 0.1) is 0 Å². The average Bonchev–Trinajstić information content (AvgIpc) is 2.42. The first-order chi connectivity index (χ1) is 9.45. The normalized spacial score (nSPS) is 22.9. The molecule has 0 aromatic heterocycles. The first-order valence-corrected chi connectivity index (χ1v) is 7.37. The summed E-state index contributed by atoms with van der Waals surface area (Å²) < 4.78 is 0. The molecule has 1 aliphatic heterocycles. The molecule has 0 aromatic rings. The minimum absolute atomic E-state index is 0.245. The zero-order chi connectivity index (χ0) is 15.1. The van der Waals surface area contributed by atoms with Gasteiger partial charge in [-0.2, -0.15) is 0 Å². The molecule has 2 N–H and O–H groups in total. The summed E-state index contributed by atoms with van der Waals surface area (Å²) in [6.07, 6.45) is 3.30. The molecule has 116 valence electrons. The van der Waals surface area contributed by atoms with Gasteiger partial charge in [-0.1, -0.05) is 13.3 Å². The molecule has 1 aliphatic rings. The van der Waals surface area contributed by atoms with Crippen LogP contribution in [0, 0.1) is 5.92 Å². The van der Waals surface area contributed by atoms with Crippen LogP contribution in [0.4, 0.5) is 4.79 Å². The minimum atomic E-state index is -0.897. The van der Waals surface area contributed by atoms with Crippen LogP contribution in [0.1, 0.15) is 32.6 Å². The van der Waals surface area contributed by atoms with Gasteiger partial charge in [-0.3, -0.25) is 0 Å². The molecule has 2 amide bonds. The Kier molecular flexibility index (Phi) is 6.78. The second-order valence-corrected chi connectivity index (χ2v) is 5.73. The van der Waals surface area contributed by atoms with Crippen LogP contribution in [0.15, 0.2) is 0 Å². The highest BCUT2D eigenvalue weighted by Crippen LogP contribution is 2.25. The van der Waals surface area contributed by atoms with Crippen molar-refractivity contribution in [2.24, 2.45) is 5.92 Å². The Morgan fingerprint density at radius 3 is 2.65 bits per heavy atom. The van der Waals surface area contributed by atoms with Gasteiger partial charge in [-0.15, -0.1) is 0 Å². The van der Waals surface area contributed by atoms with Crippen LogP contribution < -0.4 is 5.32 Å². The zero-order valence-electron chi connectivity index (χ0n) is 12.8. The number of aliphatic carboxylic acids is 1. The number of nitrogens with one attached hydrogen (secondary N) is 1. The van der Waals surface area contributed by atoms with Crippen molar-refractivity contribution in [2.45, 2.75) is 38.6 Å². The van der Waals surface area contributed by atoms with Gasteiger partial charge in [-0.25, -0.2) is 9.59 Å². The van der Waals surface area contributed by atoms with Crippen molar-refractivity contribution in [3.8, 4) is 0 Å². The number of amides is 2.